The highest BCUT2D eigenvalue weighted by Gasteiger charge is 2.30. The summed E-state index contributed by atoms with van der Waals surface area (Å²) >= 11 is 1.56. The maximum Gasteiger partial charge on any atom is 0.416 e. The van der Waals surface area contributed by atoms with Crippen molar-refractivity contribution in [2.24, 2.45) is 5.73 Å². The van der Waals surface area contributed by atoms with Crippen LogP contribution in [0, 0.1) is 0 Å². The van der Waals surface area contributed by atoms with E-state index < -0.39 is 23.2 Å². The third kappa shape index (κ3) is 9.44. The summed E-state index contributed by atoms with van der Waals surface area (Å²) in [5, 5.41) is 0. The first kappa shape index (κ1) is 30.2. The van der Waals surface area contributed by atoms with Gasteiger partial charge in [0.1, 0.15) is 6.61 Å². The molecule has 0 aliphatic rings. The molecule has 0 aliphatic carbocycles. The van der Waals surface area contributed by atoms with Crippen LogP contribution in [0.2, 0.25) is 0 Å². The van der Waals surface area contributed by atoms with Gasteiger partial charge in [-0.3, -0.25) is 4.79 Å². The molecule has 5 nitrogen and oxygen atoms in total. The lowest BCUT2D eigenvalue weighted by atomic mass is 10.1. The van der Waals surface area contributed by atoms with Gasteiger partial charge in [-0.15, -0.1) is 11.8 Å². The molecule has 39 heavy (non-hydrogen) atoms. The van der Waals surface area contributed by atoms with Gasteiger partial charge in [-0.1, -0.05) is 42.5 Å². The number of halogens is 3. The van der Waals surface area contributed by atoms with Crippen LogP contribution in [-0.2, 0) is 34.4 Å². The molecule has 0 aromatic heterocycles. The number of ether oxygens (including phenoxy) is 1. The van der Waals surface area contributed by atoms with Crippen molar-refractivity contribution in [3.8, 4) is 0 Å². The maximum absolute atomic E-state index is 12.9. The number of carbonyl (C=O) groups excluding carboxylic acids is 2. The Hall–Kier alpha value is -3.30. The molecular formula is C30H33F3N2O3S. The molecule has 9 heteroatoms. The quantitative estimate of drug-likeness (QED) is 0.215. The number of alkyl halides is 3. The molecule has 3 aromatic rings. The van der Waals surface area contributed by atoms with E-state index in [-0.39, 0.29) is 25.5 Å². The van der Waals surface area contributed by atoms with Crippen molar-refractivity contribution in [1.82, 2.24) is 4.90 Å². The molecule has 3 aromatic carbocycles. The van der Waals surface area contributed by atoms with Crippen LogP contribution < -0.4 is 5.73 Å². The standard InChI is InChI=1S/C30H33F3N2O3S/c1-4-35(18-22-9-13-24(14-10-22)30(31,32)33)27(36)17-21-11-15-25(16-12-21)39-19-23-7-5-6-8-26(23)28(37)38-20-29(2,3)34/h5-16H,4,17-20,34H2,1-3H3. The number of esters is 1. The van der Waals surface area contributed by atoms with Crippen LogP contribution in [0.5, 0.6) is 0 Å². The number of benzene rings is 3. The molecule has 1 amide bonds. The van der Waals surface area contributed by atoms with Crippen LogP contribution in [-0.4, -0.2) is 35.5 Å². The van der Waals surface area contributed by atoms with E-state index in [1.165, 1.54) is 12.1 Å². The summed E-state index contributed by atoms with van der Waals surface area (Å²) in [6.45, 7) is 6.22. The summed E-state index contributed by atoms with van der Waals surface area (Å²) in [5.41, 5.74) is 7.42. The minimum Gasteiger partial charge on any atom is -0.460 e. The van der Waals surface area contributed by atoms with E-state index in [9.17, 15) is 22.8 Å². The van der Waals surface area contributed by atoms with Crippen LogP contribution in [0.25, 0.3) is 0 Å². The number of nitrogens with zero attached hydrogens (tertiary/aromatic N) is 1. The molecule has 0 bridgehead atoms. The molecule has 0 radical (unpaired) electrons. The predicted octanol–water partition coefficient (Wildman–Crippen LogP) is 6.48. The van der Waals surface area contributed by atoms with E-state index in [2.05, 4.69) is 0 Å². The molecule has 0 heterocycles. The maximum atomic E-state index is 12.9. The van der Waals surface area contributed by atoms with Gasteiger partial charge in [0.15, 0.2) is 0 Å². The van der Waals surface area contributed by atoms with Gasteiger partial charge in [0.25, 0.3) is 0 Å². The Morgan fingerprint density at radius 3 is 2.13 bits per heavy atom. The summed E-state index contributed by atoms with van der Waals surface area (Å²) in [5.74, 6) is 0.0491. The van der Waals surface area contributed by atoms with Crippen molar-refractivity contribution in [3.63, 3.8) is 0 Å². The fraction of sp³-hybridized carbons (Fsp3) is 0.333. The fourth-order valence-corrected chi connectivity index (χ4v) is 4.62. The zero-order valence-electron chi connectivity index (χ0n) is 22.3. The second-order valence-electron chi connectivity index (χ2n) is 9.93. The van der Waals surface area contributed by atoms with E-state index in [0.717, 1.165) is 28.2 Å². The lowest BCUT2D eigenvalue weighted by molar-refractivity contribution is -0.137. The topological polar surface area (TPSA) is 72.6 Å². The molecule has 0 aliphatic heterocycles. The first-order valence-electron chi connectivity index (χ1n) is 12.6. The molecule has 0 fully saturated rings. The molecule has 0 unspecified atom stereocenters. The van der Waals surface area contributed by atoms with Gasteiger partial charge in [0, 0.05) is 29.3 Å². The zero-order valence-corrected chi connectivity index (χ0v) is 23.1. The Bertz CT molecular complexity index is 1250. The van der Waals surface area contributed by atoms with Crippen LogP contribution in [0.4, 0.5) is 13.2 Å². The normalized spacial score (nSPS) is 11.8. The Balaban J connectivity index is 1.56. The number of amides is 1. The Labute approximate surface area is 231 Å². The van der Waals surface area contributed by atoms with Gasteiger partial charge in [-0.2, -0.15) is 13.2 Å². The van der Waals surface area contributed by atoms with E-state index >= 15 is 0 Å². The van der Waals surface area contributed by atoms with E-state index in [1.54, 1.807) is 42.6 Å². The Kier molecular flexibility index (Phi) is 10.2. The van der Waals surface area contributed by atoms with Crippen LogP contribution in [0.3, 0.4) is 0 Å². The summed E-state index contributed by atoms with van der Waals surface area (Å²) in [4.78, 5) is 28.0. The molecular weight excluding hydrogens is 525 g/mol. The lowest BCUT2D eigenvalue weighted by Gasteiger charge is -2.21. The largest absolute Gasteiger partial charge is 0.460 e. The van der Waals surface area contributed by atoms with Crippen molar-refractivity contribution in [3.05, 3.63) is 101 Å². The molecule has 0 saturated carbocycles. The summed E-state index contributed by atoms with van der Waals surface area (Å²) < 4.78 is 43.8. The molecule has 3 rings (SSSR count). The second-order valence-corrected chi connectivity index (χ2v) is 11.0. The Morgan fingerprint density at radius 1 is 0.923 bits per heavy atom. The van der Waals surface area contributed by atoms with Gasteiger partial charge in [0.05, 0.1) is 17.5 Å². The van der Waals surface area contributed by atoms with Gasteiger partial charge in [-0.25, -0.2) is 4.79 Å². The summed E-state index contributed by atoms with van der Waals surface area (Å²) in [7, 11) is 0. The third-order valence-electron chi connectivity index (χ3n) is 5.87. The SMILES string of the molecule is CCN(Cc1ccc(C(F)(F)F)cc1)C(=O)Cc1ccc(SCc2ccccc2C(=O)OCC(C)(C)N)cc1. The summed E-state index contributed by atoms with van der Waals surface area (Å²) in [6.07, 6.45) is -4.20. The van der Waals surface area contributed by atoms with E-state index in [0.29, 0.717) is 23.4 Å². The molecule has 208 valence electrons. The number of likely N-dealkylation sites (N-methyl/N-ethyl adjacent to an activating group) is 1. The average Bonchev–Trinajstić information content (AvgIpc) is 2.89. The smallest absolute Gasteiger partial charge is 0.416 e. The number of hydrogen-bond donors (Lipinski definition) is 1. The van der Waals surface area contributed by atoms with Crippen molar-refractivity contribution in [2.75, 3.05) is 13.2 Å². The number of rotatable bonds is 11. The van der Waals surface area contributed by atoms with Gasteiger partial charge >= 0.3 is 12.1 Å². The zero-order chi connectivity index (χ0) is 28.6. The van der Waals surface area contributed by atoms with E-state index in [4.69, 9.17) is 10.5 Å². The molecule has 0 atom stereocenters. The van der Waals surface area contributed by atoms with Crippen LogP contribution in [0.1, 0.15) is 53.4 Å². The van der Waals surface area contributed by atoms with E-state index in [1.807, 2.05) is 43.3 Å². The van der Waals surface area contributed by atoms with Crippen molar-refractivity contribution in [2.45, 2.75) is 56.1 Å². The van der Waals surface area contributed by atoms with Gasteiger partial charge < -0.3 is 15.4 Å². The number of carbonyl (C=O) groups is 2. The highest BCUT2D eigenvalue weighted by Crippen LogP contribution is 2.29. The first-order valence-corrected chi connectivity index (χ1v) is 13.5. The Morgan fingerprint density at radius 2 is 1.54 bits per heavy atom. The monoisotopic (exact) mass is 558 g/mol. The van der Waals surface area contributed by atoms with Crippen molar-refractivity contribution in [1.29, 1.82) is 0 Å². The minimum atomic E-state index is -4.39. The first-order chi connectivity index (χ1) is 18.4. The third-order valence-corrected chi connectivity index (χ3v) is 6.94. The van der Waals surface area contributed by atoms with Crippen LogP contribution >= 0.6 is 11.8 Å². The summed E-state index contributed by atoms with van der Waals surface area (Å²) in [6, 6.07) is 19.8. The highest BCUT2D eigenvalue weighted by molar-refractivity contribution is 7.98. The number of hydrogen-bond acceptors (Lipinski definition) is 5. The molecule has 0 saturated heterocycles. The number of nitrogens with two attached hydrogens (primary N) is 1. The second kappa shape index (κ2) is 13.2. The number of thioether (sulfide) groups is 1. The minimum absolute atomic E-state index is 0.106. The molecule has 2 N–H and O–H groups in total. The van der Waals surface area contributed by atoms with Crippen LogP contribution in [0.15, 0.2) is 77.7 Å². The predicted molar refractivity (Wildman–Crippen MR) is 147 cm³/mol. The lowest BCUT2D eigenvalue weighted by Crippen LogP contribution is -2.38. The van der Waals surface area contributed by atoms with Crippen molar-refractivity contribution < 1.29 is 27.5 Å². The van der Waals surface area contributed by atoms with Gasteiger partial charge in [-0.05, 0) is 67.8 Å². The highest BCUT2D eigenvalue weighted by atomic mass is 32.2. The molecule has 0 spiro atoms. The fourth-order valence-electron chi connectivity index (χ4n) is 3.72. The van der Waals surface area contributed by atoms with Crippen molar-refractivity contribution >= 4 is 23.6 Å². The average molecular weight is 559 g/mol. The van der Waals surface area contributed by atoms with Gasteiger partial charge in [0.2, 0.25) is 5.91 Å².